The first kappa shape index (κ1) is 12.9. The number of ether oxygens (including phenoxy) is 1. The molecule has 0 aliphatic carbocycles. The normalized spacial score (nSPS) is 16.2. The van der Waals surface area contributed by atoms with Crippen LogP contribution in [0, 0.1) is 0 Å². The zero-order valence-corrected chi connectivity index (χ0v) is 11.0. The van der Waals surface area contributed by atoms with E-state index in [4.69, 9.17) is 4.74 Å². The molecule has 2 aromatic rings. The number of anilines is 1. The summed E-state index contributed by atoms with van der Waals surface area (Å²) in [5.41, 5.74) is 4.60. The molecule has 1 saturated heterocycles. The van der Waals surface area contributed by atoms with E-state index in [2.05, 4.69) is 10.4 Å². The first-order valence-corrected chi connectivity index (χ1v) is 6.60. The maximum Gasteiger partial charge on any atom is 0.336 e. The summed E-state index contributed by atoms with van der Waals surface area (Å²) >= 11 is 0. The summed E-state index contributed by atoms with van der Waals surface area (Å²) in [4.78, 5) is 11.3. The van der Waals surface area contributed by atoms with E-state index in [-0.39, 0.29) is 0 Å². The van der Waals surface area contributed by atoms with E-state index >= 15 is 0 Å². The number of hydrazine groups is 1. The van der Waals surface area contributed by atoms with Gasteiger partial charge in [0, 0.05) is 18.5 Å². The lowest BCUT2D eigenvalue weighted by molar-refractivity contribution is 0.0497. The van der Waals surface area contributed by atoms with Crippen LogP contribution in [0.5, 0.6) is 0 Å². The predicted octanol–water partition coefficient (Wildman–Crippen LogP) is 2.20. The number of carboxylic acid groups (broad SMARTS) is 1. The number of morpholine rings is 1. The molecule has 0 unspecified atom stereocenters. The van der Waals surface area contributed by atoms with Crippen molar-refractivity contribution in [2.75, 3.05) is 31.7 Å². The highest BCUT2D eigenvalue weighted by Crippen LogP contribution is 2.27. The summed E-state index contributed by atoms with van der Waals surface area (Å²) in [6.45, 7) is 3.04. The Morgan fingerprint density at radius 3 is 2.50 bits per heavy atom. The molecule has 0 aromatic heterocycles. The van der Waals surface area contributed by atoms with Crippen LogP contribution in [-0.2, 0) is 4.74 Å². The molecule has 5 nitrogen and oxygen atoms in total. The van der Waals surface area contributed by atoms with E-state index < -0.39 is 5.97 Å². The lowest BCUT2D eigenvalue weighted by Gasteiger charge is -2.28. The van der Waals surface area contributed by atoms with Crippen LogP contribution in [-0.4, -0.2) is 42.4 Å². The van der Waals surface area contributed by atoms with Crippen molar-refractivity contribution in [3.05, 3.63) is 42.0 Å². The molecule has 1 fully saturated rings. The lowest BCUT2D eigenvalue weighted by atomic mass is 10.0. The molecule has 0 spiro atoms. The van der Waals surface area contributed by atoms with Crippen LogP contribution in [0.25, 0.3) is 10.8 Å². The molecular formula is C15H16N2O3. The van der Waals surface area contributed by atoms with Gasteiger partial charge in [-0.2, -0.15) is 0 Å². The number of nitrogens with one attached hydrogen (secondary N) is 1. The number of aromatic carboxylic acids is 1. The van der Waals surface area contributed by atoms with E-state index in [0.29, 0.717) is 18.8 Å². The third-order valence-electron chi connectivity index (χ3n) is 3.44. The number of nitrogens with zero attached hydrogens (tertiary/aromatic N) is 1. The van der Waals surface area contributed by atoms with Crippen LogP contribution < -0.4 is 5.43 Å². The van der Waals surface area contributed by atoms with E-state index in [9.17, 15) is 9.90 Å². The van der Waals surface area contributed by atoms with Crippen molar-refractivity contribution in [2.45, 2.75) is 0 Å². The summed E-state index contributed by atoms with van der Waals surface area (Å²) in [6.07, 6.45) is 0. The fourth-order valence-corrected chi connectivity index (χ4v) is 2.43. The molecule has 5 heteroatoms. The Kier molecular flexibility index (Phi) is 3.54. The highest BCUT2D eigenvalue weighted by atomic mass is 16.5. The minimum Gasteiger partial charge on any atom is -0.478 e. The second kappa shape index (κ2) is 5.48. The van der Waals surface area contributed by atoms with Crippen LogP contribution in [0.15, 0.2) is 36.4 Å². The number of fused-ring (bicyclic) bond motifs is 1. The van der Waals surface area contributed by atoms with Crippen LogP contribution >= 0.6 is 0 Å². The fraction of sp³-hybridized carbons (Fsp3) is 0.267. The van der Waals surface area contributed by atoms with Crippen molar-refractivity contribution < 1.29 is 14.6 Å². The Labute approximate surface area is 116 Å². The van der Waals surface area contributed by atoms with Gasteiger partial charge >= 0.3 is 5.97 Å². The zero-order chi connectivity index (χ0) is 13.9. The van der Waals surface area contributed by atoms with Gasteiger partial charge in [0.2, 0.25) is 0 Å². The molecule has 1 aliphatic rings. The molecule has 1 aliphatic heterocycles. The molecule has 0 atom stereocenters. The Morgan fingerprint density at radius 2 is 1.80 bits per heavy atom. The summed E-state index contributed by atoms with van der Waals surface area (Å²) in [7, 11) is 0. The molecule has 2 N–H and O–H groups in total. The average Bonchev–Trinajstić information content (AvgIpc) is 2.48. The second-order valence-corrected chi connectivity index (χ2v) is 4.72. The van der Waals surface area contributed by atoms with Gasteiger partial charge in [-0.1, -0.05) is 24.3 Å². The van der Waals surface area contributed by atoms with Gasteiger partial charge in [0.1, 0.15) is 0 Å². The quantitative estimate of drug-likeness (QED) is 0.897. The molecule has 20 heavy (non-hydrogen) atoms. The molecule has 3 rings (SSSR count). The average molecular weight is 272 g/mol. The maximum atomic E-state index is 11.3. The van der Waals surface area contributed by atoms with Crippen molar-refractivity contribution in [1.29, 1.82) is 0 Å². The number of benzene rings is 2. The number of hydrogen-bond acceptors (Lipinski definition) is 4. The molecule has 0 saturated carbocycles. The monoisotopic (exact) mass is 272 g/mol. The minimum absolute atomic E-state index is 0.327. The Hall–Kier alpha value is -2.11. The van der Waals surface area contributed by atoms with Crippen molar-refractivity contribution in [2.24, 2.45) is 0 Å². The third-order valence-corrected chi connectivity index (χ3v) is 3.44. The Morgan fingerprint density at radius 1 is 1.10 bits per heavy atom. The van der Waals surface area contributed by atoms with E-state index in [1.807, 2.05) is 30.3 Å². The van der Waals surface area contributed by atoms with Gasteiger partial charge in [0.25, 0.3) is 0 Å². The molecule has 1 heterocycles. The molecule has 0 bridgehead atoms. The molecule has 2 aromatic carbocycles. The van der Waals surface area contributed by atoms with E-state index in [1.54, 1.807) is 6.07 Å². The third kappa shape index (κ3) is 2.45. The Bertz CT molecular complexity index is 636. The van der Waals surface area contributed by atoms with Gasteiger partial charge < -0.3 is 15.3 Å². The number of carbonyl (C=O) groups is 1. The second-order valence-electron chi connectivity index (χ2n) is 4.72. The SMILES string of the molecule is O=C(O)c1ccc(NN2CCOCC2)c2ccccc12. The highest BCUT2D eigenvalue weighted by Gasteiger charge is 2.14. The van der Waals surface area contributed by atoms with Crippen molar-refractivity contribution in [1.82, 2.24) is 5.01 Å². The van der Waals surface area contributed by atoms with Crippen molar-refractivity contribution >= 4 is 22.4 Å². The standard InChI is InChI=1S/C15H16N2O3/c18-15(19)13-5-6-14(12-4-2-1-3-11(12)13)16-17-7-9-20-10-8-17/h1-6,16H,7-10H2,(H,18,19). The topological polar surface area (TPSA) is 61.8 Å². The number of carboxylic acids is 1. The summed E-state index contributed by atoms with van der Waals surface area (Å²) < 4.78 is 5.32. The van der Waals surface area contributed by atoms with E-state index in [1.165, 1.54) is 0 Å². The van der Waals surface area contributed by atoms with Gasteiger partial charge in [0.05, 0.1) is 24.5 Å². The van der Waals surface area contributed by atoms with Crippen molar-refractivity contribution in [3.8, 4) is 0 Å². The predicted molar refractivity (Wildman–Crippen MR) is 76.9 cm³/mol. The van der Waals surface area contributed by atoms with Crippen LogP contribution in [0.3, 0.4) is 0 Å². The van der Waals surface area contributed by atoms with Gasteiger partial charge in [-0.15, -0.1) is 0 Å². The van der Waals surface area contributed by atoms with Gasteiger partial charge in [0.15, 0.2) is 0 Å². The zero-order valence-electron chi connectivity index (χ0n) is 11.0. The van der Waals surface area contributed by atoms with Crippen LogP contribution in [0.1, 0.15) is 10.4 Å². The molecule has 0 amide bonds. The summed E-state index contributed by atoms with van der Waals surface area (Å²) in [5, 5.41) is 13.0. The van der Waals surface area contributed by atoms with Crippen LogP contribution in [0.2, 0.25) is 0 Å². The van der Waals surface area contributed by atoms with Gasteiger partial charge in [-0.25, -0.2) is 9.80 Å². The number of rotatable bonds is 3. The molecule has 0 radical (unpaired) electrons. The molecular weight excluding hydrogens is 256 g/mol. The van der Waals surface area contributed by atoms with Crippen LogP contribution in [0.4, 0.5) is 5.69 Å². The number of hydrogen-bond donors (Lipinski definition) is 2. The highest BCUT2D eigenvalue weighted by molar-refractivity contribution is 6.07. The maximum absolute atomic E-state index is 11.3. The van der Waals surface area contributed by atoms with Crippen molar-refractivity contribution in [3.63, 3.8) is 0 Å². The van der Waals surface area contributed by atoms with Gasteiger partial charge in [-0.05, 0) is 17.5 Å². The first-order chi connectivity index (χ1) is 9.75. The molecule has 104 valence electrons. The summed E-state index contributed by atoms with van der Waals surface area (Å²) in [5.74, 6) is -0.904. The van der Waals surface area contributed by atoms with Gasteiger partial charge in [-0.3, -0.25) is 0 Å². The van der Waals surface area contributed by atoms with E-state index in [0.717, 1.165) is 29.5 Å². The fourth-order valence-electron chi connectivity index (χ4n) is 2.43. The summed E-state index contributed by atoms with van der Waals surface area (Å²) in [6, 6.07) is 11.0. The Balaban J connectivity index is 1.99. The first-order valence-electron chi connectivity index (χ1n) is 6.60. The smallest absolute Gasteiger partial charge is 0.336 e. The lowest BCUT2D eigenvalue weighted by Crippen LogP contribution is -2.40. The largest absolute Gasteiger partial charge is 0.478 e. The minimum atomic E-state index is -0.904.